The number of pyridine rings is 1. The number of piperidine rings is 1. The molecule has 0 saturated carbocycles. The van der Waals surface area contributed by atoms with Crippen molar-refractivity contribution in [1.29, 1.82) is 0 Å². The molecule has 0 bridgehead atoms. The van der Waals surface area contributed by atoms with Crippen LogP contribution in [0.25, 0.3) is 22.4 Å². The van der Waals surface area contributed by atoms with Crippen molar-refractivity contribution in [2.45, 2.75) is 25.7 Å². The number of hydrogen-bond acceptors (Lipinski definition) is 5. The van der Waals surface area contributed by atoms with Gasteiger partial charge in [-0.25, -0.2) is 4.98 Å². The number of aromatic nitrogens is 3. The van der Waals surface area contributed by atoms with Gasteiger partial charge in [0.25, 0.3) is 0 Å². The fourth-order valence-corrected chi connectivity index (χ4v) is 4.18. The van der Waals surface area contributed by atoms with Crippen LogP contribution >= 0.6 is 0 Å². The van der Waals surface area contributed by atoms with Gasteiger partial charge in [-0.15, -0.1) is 0 Å². The lowest BCUT2D eigenvalue weighted by Crippen LogP contribution is -2.37. The number of ether oxygens (including phenoxy) is 1. The van der Waals surface area contributed by atoms with Gasteiger partial charge in [-0.05, 0) is 69.1 Å². The molecule has 3 heterocycles. The molecule has 2 N–H and O–H groups in total. The predicted octanol–water partition coefficient (Wildman–Crippen LogP) is 3.34. The zero-order valence-electron chi connectivity index (χ0n) is 17.0. The van der Waals surface area contributed by atoms with Crippen molar-refractivity contribution in [3.63, 3.8) is 0 Å². The number of methoxy groups -OCH3 is 1. The minimum Gasteiger partial charge on any atom is -0.494 e. The Kier molecular flexibility index (Phi) is 5.59. The molecule has 148 valence electrons. The van der Waals surface area contributed by atoms with Crippen LogP contribution in [0.5, 0.6) is 5.75 Å². The third-order valence-electron chi connectivity index (χ3n) is 5.80. The smallest absolute Gasteiger partial charge is 0.148 e. The monoisotopic (exact) mass is 379 g/mol. The number of nitrogens with zero attached hydrogens (tertiary/aromatic N) is 3. The first-order valence-corrected chi connectivity index (χ1v) is 10.0. The highest BCUT2D eigenvalue weighted by atomic mass is 16.5. The molecule has 0 amide bonds. The Morgan fingerprint density at radius 3 is 2.86 bits per heavy atom. The maximum absolute atomic E-state index is 5.45. The van der Waals surface area contributed by atoms with E-state index in [1.165, 1.54) is 37.1 Å². The van der Waals surface area contributed by atoms with Crippen LogP contribution in [0.2, 0.25) is 0 Å². The largest absolute Gasteiger partial charge is 0.494 e. The third kappa shape index (κ3) is 3.75. The Balaban J connectivity index is 1.59. The zero-order valence-corrected chi connectivity index (χ0v) is 17.0. The van der Waals surface area contributed by atoms with E-state index in [4.69, 9.17) is 9.72 Å². The lowest BCUT2D eigenvalue weighted by molar-refractivity contribution is 0.214. The lowest BCUT2D eigenvalue weighted by atomic mass is 9.88. The van der Waals surface area contributed by atoms with Gasteiger partial charge in [-0.3, -0.25) is 4.98 Å². The molecule has 1 aromatic carbocycles. The van der Waals surface area contributed by atoms with Crippen LogP contribution in [0.4, 0.5) is 0 Å². The molecular formula is C22H29N5O. The van der Waals surface area contributed by atoms with Gasteiger partial charge in [0.2, 0.25) is 0 Å². The summed E-state index contributed by atoms with van der Waals surface area (Å²) in [5.41, 5.74) is 5.72. The second kappa shape index (κ2) is 8.29. The summed E-state index contributed by atoms with van der Waals surface area (Å²) in [6, 6.07) is 6.55. The van der Waals surface area contributed by atoms with Crippen LogP contribution in [-0.4, -0.2) is 60.2 Å². The number of aryl methyl sites for hydroxylation is 1. The highest BCUT2D eigenvalue weighted by Gasteiger charge is 2.22. The number of fused-ring (bicyclic) bond motifs is 1. The standard InChI is InChI=1S/C22H29N5O/c1-15-12-17(16-5-9-27(10-6-16)11-8-23-2)13-19-21(15)26-22(25-19)18-4-7-24-14-20(18)28-3/h4,7,12-14,16,23H,5-6,8-11H2,1-3H3,(H,25,26). The molecule has 1 fully saturated rings. The Bertz CT molecular complexity index is 943. The van der Waals surface area contributed by atoms with Gasteiger partial charge in [0.05, 0.1) is 29.9 Å². The summed E-state index contributed by atoms with van der Waals surface area (Å²) < 4.78 is 5.45. The fraction of sp³-hybridized carbons (Fsp3) is 0.455. The van der Waals surface area contributed by atoms with Gasteiger partial charge in [-0.1, -0.05) is 6.07 Å². The number of hydrogen-bond donors (Lipinski definition) is 2. The molecule has 6 heteroatoms. The number of H-pyrrole nitrogens is 1. The lowest BCUT2D eigenvalue weighted by Gasteiger charge is -2.32. The molecule has 3 aromatic rings. The van der Waals surface area contributed by atoms with Gasteiger partial charge < -0.3 is 19.9 Å². The average molecular weight is 380 g/mol. The van der Waals surface area contributed by atoms with E-state index in [1.54, 1.807) is 19.5 Å². The van der Waals surface area contributed by atoms with Crippen LogP contribution < -0.4 is 10.1 Å². The Morgan fingerprint density at radius 1 is 1.29 bits per heavy atom. The van der Waals surface area contributed by atoms with Gasteiger partial charge >= 0.3 is 0 Å². The number of rotatable bonds is 6. The molecule has 2 aromatic heterocycles. The maximum Gasteiger partial charge on any atom is 0.148 e. The zero-order chi connectivity index (χ0) is 19.5. The number of likely N-dealkylation sites (tertiary alicyclic amines) is 1. The molecule has 28 heavy (non-hydrogen) atoms. The van der Waals surface area contributed by atoms with Crippen LogP contribution in [0.3, 0.4) is 0 Å². The summed E-state index contributed by atoms with van der Waals surface area (Å²) in [5, 5.41) is 3.24. The van der Waals surface area contributed by atoms with Crippen LogP contribution in [0.15, 0.2) is 30.6 Å². The highest BCUT2D eigenvalue weighted by molar-refractivity contribution is 5.84. The number of likely N-dealkylation sites (N-methyl/N-ethyl adjacent to an activating group) is 1. The van der Waals surface area contributed by atoms with Crippen molar-refractivity contribution < 1.29 is 4.74 Å². The van der Waals surface area contributed by atoms with Crippen molar-refractivity contribution in [2.75, 3.05) is 40.3 Å². The Morgan fingerprint density at radius 2 is 2.11 bits per heavy atom. The summed E-state index contributed by atoms with van der Waals surface area (Å²) in [6.45, 7) is 6.70. The molecule has 1 aliphatic rings. The second-order valence-corrected chi connectivity index (χ2v) is 7.61. The third-order valence-corrected chi connectivity index (χ3v) is 5.80. The molecule has 0 atom stereocenters. The van der Waals surface area contributed by atoms with Crippen molar-refractivity contribution >= 4 is 11.0 Å². The van der Waals surface area contributed by atoms with E-state index in [1.807, 2.05) is 13.1 Å². The quantitative estimate of drug-likeness (QED) is 0.688. The van der Waals surface area contributed by atoms with Gasteiger partial charge in [0, 0.05) is 19.3 Å². The van der Waals surface area contributed by atoms with E-state index in [0.717, 1.165) is 41.3 Å². The average Bonchev–Trinajstić information content (AvgIpc) is 3.17. The van der Waals surface area contributed by atoms with Crippen LogP contribution in [0, 0.1) is 6.92 Å². The predicted molar refractivity (Wildman–Crippen MR) is 113 cm³/mol. The highest BCUT2D eigenvalue weighted by Crippen LogP contribution is 2.33. The number of imidazole rings is 1. The van der Waals surface area contributed by atoms with E-state index < -0.39 is 0 Å². The summed E-state index contributed by atoms with van der Waals surface area (Å²) in [4.78, 5) is 15.0. The van der Waals surface area contributed by atoms with E-state index in [2.05, 4.69) is 39.2 Å². The minimum absolute atomic E-state index is 0.621. The molecule has 0 unspecified atom stereocenters. The SMILES string of the molecule is CNCCN1CCC(c2cc(C)c3nc(-c4ccncc4OC)[nH]c3c2)CC1. The number of nitrogens with one attached hydrogen (secondary N) is 2. The minimum atomic E-state index is 0.621. The van der Waals surface area contributed by atoms with Gasteiger partial charge in [0.1, 0.15) is 11.6 Å². The van der Waals surface area contributed by atoms with Crippen LogP contribution in [-0.2, 0) is 0 Å². The molecule has 0 aliphatic carbocycles. The maximum atomic E-state index is 5.45. The molecular weight excluding hydrogens is 350 g/mol. The first kappa shape index (κ1) is 18.9. The molecule has 0 spiro atoms. The molecule has 1 aliphatic heterocycles. The first-order valence-electron chi connectivity index (χ1n) is 10.0. The molecule has 0 radical (unpaired) electrons. The van der Waals surface area contributed by atoms with Gasteiger partial charge in [-0.2, -0.15) is 0 Å². The first-order chi connectivity index (χ1) is 13.7. The van der Waals surface area contributed by atoms with Crippen LogP contribution in [0.1, 0.15) is 29.9 Å². The van der Waals surface area contributed by atoms with E-state index in [0.29, 0.717) is 5.92 Å². The Labute approximate surface area is 166 Å². The van der Waals surface area contributed by atoms with Crippen molar-refractivity contribution in [3.05, 3.63) is 41.7 Å². The van der Waals surface area contributed by atoms with E-state index in [-0.39, 0.29) is 0 Å². The van der Waals surface area contributed by atoms with E-state index in [9.17, 15) is 0 Å². The Hall–Kier alpha value is -2.44. The summed E-state index contributed by atoms with van der Waals surface area (Å²) >= 11 is 0. The second-order valence-electron chi connectivity index (χ2n) is 7.61. The molecule has 6 nitrogen and oxygen atoms in total. The van der Waals surface area contributed by atoms with Gasteiger partial charge in [0.15, 0.2) is 0 Å². The van der Waals surface area contributed by atoms with E-state index >= 15 is 0 Å². The van der Waals surface area contributed by atoms with Crippen molar-refractivity contribution in [1.82, 2.24) is 25.2 Å². The van der Waals surface area contributed by atoms with Crippen molar-refractivity contribution in [3.8, 4) is 17.1 Å². The molecule has 4 rings (SSSR count). The topological polar surface area (TPSA) is 66.1 Å². The summed E-state index contributed by atoms with van der Waals surface area (Å²) in [6.07, 6.45) is 5.93. The summed E-state index contributed by atoms with van der Waals surface area (Å²) in [7, 11) is 3.68. The normalized spacial score (nSPS) is 16.0. The molecule has 1 saturated heterocycles. The van der Waals surface area contributed by atoms with Crippen molar-refractivity contribution in [2.24, 2.45) is 0 Å². The summed E-state index contributed by atoms with van der Waals surface area (Å²) in [5.74, 6) is 2.18. The number of benzene rings is 1. The number of aromatic amines is 1. The fourth-order valence-electron chi connectivity index (χ4n) is 4.18.